The van der Waals surface area contributed by atoms with E-state index >= 15 is 0 Å². The molecule has 25 heavy (non-hydrogen) atoms. The number of alkyl halides is 2. The van der Waals surface area contributed by atoms with E-state index in [1.54, 1.807) is 18.2 Å². The standard InChI is InChI=1S/C17H14F2N2O3S/c1-9-15(22)21-13-8-10(2-7-14(13)25-9)16(23)20-11-3-5-12(6-4-11)24-17(18)19/h2-9,17H,1H3,(H,20,23)(H,21,22). The third-order valence-electron chi connectivity index (χ3n) is 3.51. The molecule has 0 saturated heterocycles. The van der Waals surface area contributed by atoms with Crippen molar-refractivity contribution in [1.29, 1.82) is 0 Å². The summed E-state index contributed by atoms with van der Waals surface area (Å²) in [4.78, 5) is 25.0. The monoisotopic (exact) mass is 364 g/mol. The fourth-order valence-corrected chi connectivity index (χ4v) is 3.20. The SMILES string of the molecule is CC1Sc2ccc(C(=O)Nc3ccc(OC(F)F)cc3)cc2NC1=O. The average molecular weight is 364 g/mol. The van der Waals surface area contributed by atoms with Gasteiger partial charge in [-0.05, 0) is 49.4 Å². The van der Waals surface area contributed by atoms with Crippen LogP contribution >= 0.6 is 11.8 Å². The van der Waals surface area contributed by atoms with Crippen molar-refractivity contribution >= 4 is 35.0 Å². The second kappa shape index (κ2) is 7.10. The van der Waals surface area contributed by atoms with Crippen LogP contribution in [0.5, 0.6) is 5.75 Å². The van der Waals surface area contributed by atoms with Crippen LogP contribution < -0.4 is 15.4 Å². The summed E-state index contributed by atoms with van der Waals surface area (Å²) in [5.74, 6) is -0.469. The Morgan fingerprint density at radius 1 is 1.24 bits per heavy atom. The van der Waals surface area contributed by atoms with E-state index in [1.807, 2.05) is 6.92 Å². The lowest BCUT2D eigenvalue weighted by Gasteiger charge is -2.21. The Hall–Kier alpha value is -2.61. The lowest BCUT2D eigenvalue weighted by atomic mass is 10.1. The predicted octanol–water partition coefficient (Wildman–Crippen LogP) is 3.97. The largest absolute Gasteiger partial charge is 0.435 e. The molecule has 1 heterocycles. The van der Waals surface area contributed by atoms with Crippen molar-refractivity contribution in [2.75, 3.05) is 10.6 Å². The molecule has 2 aromatic carbocycles. The second-order valence-corrected chi connectivity index (χ2v) is 6.70. The summed E-state index contributed by atoms with van der Waals surface area (Å²) in [5.41, 5.74) is 1.42. The Morgan fingerprint density at radius 3 is 2.64 bits per heavy atom. The van der Waals surface area contributed by atoms with Gasteiger partial charge >= 0.3 is 6.61 Å². The quantitative estimate of drug-likeness (QED) is 0.861. The summed E-state index contributed by atoms with van der Waals surface area (Å²) in [5, 5.41) is 5.25. The lowest BCUT2D eigenvalue weighted by molar-refractivity contribution is -0.115. The molecule has 8 heteroatoms. The van der Waals surface area contributed by atoms with Gasteiger partial charge in [-0.15, -0.1) is 11.8 Å². The normalized spacial score (nSPS) is 16.2. The maximum Gasteiger partial charge on any atom is 0.387 e. The molecule has 2 N–H and O–H groups in total. The van der Waals surface area contributed by atoms with Gasteiger partial charge in [-0.25, -0.2) is 0 Å². The summed E-state index contributed by atoms with van der Waals surface area (Å²) in [6.07, 6.45) is 0. The third kappa shape index (κ3) is 4.08. The van der Waals surface area contributed by atoms with Gasteiger partial charge in [0, 0.05) is 16.1 Å². The van der Waals surface area contributed by atoms with Crippen molar-refractivity contribution < 1.29 is 23.1 Å². The number of fused-ring (bicyclic) bond motifs is 1. The van der Waals surface area contributed by atoms with Crippen LogP contribution in [0.25, 0.3) is 0 Å². The third-order valence-corrected chi connectivity index (χ3v) is 4.69. The highest BCUT2D eigenvalue weighted by Gasteiger charge is 2.23. The molecule has 0 aromatic heterocycles. The van der Waals surface area contributed by atoms with Crippen LogP contribution in [0.4, 0.5) is 20.2 Å². The minimum Gasteiger partial charge on any atom is -0.435 e. The van der Waals surface area contributed by atoms with Crippen LogP contribution in [0.3, 0.4) is 0 Å². The van der Waals surface area contributed by atoms with Crippen LogP contribution in [-0.4, -0.2) is 23.7 Å². The first-order chi connectivity index (χ1) is 11.9. The second-order valence-electron chi connectivity index (χ2n) is 5.32. The zero-order chi connectivity index (χ0) is 18.0. The summed E-state index contributed by atoms with van der Waals surface area (Å²) >= 11 is 1.43. The molecule has 1 unspecified atom stereocenters. The van der Waals surface area contributed by atoms with Crippen LogP contribution in [0.2, 0.25) is 0 Å². The first-order valence-corrected chi connectivity index (χ1v) is 8.28. The van der Waals surface area contributed by atoms with Gasteiger partial charge in [0.1, 0.15) is 5.75 Å². The summed E-state index contributed by atoms with van der Waals surface area (Å²) < 4.78 is 28.5. The van der Waals surface area contributed by atoms with Gasteiger partial charge in [-0.1, -0.05) is 0 Å². The highest BCUT2D eigenvalue weighted by molar-refractivity contribution is 8.00. The number of hydrogen-bond acceptors (Lipinski definition) is 4. The molecular weight excluding hydrogens is 350 g/mol. The van der Waals surface area contributed by atoms with Crippen molar-refractivity contribution in [3.05, 3.63) is 48.0 Å². The number of benzene rings is 2. The number of thioether (sulfide) groups is 1. The molecule has 0 bridgehead atoms. The number of rotatable bonds is 4. The fourth-order valence-electron chi connectivity index (χ4n) is 2.27. The Balaban J connectivity index is 1.71. The van der Waals surface area contributed by atoms with Crippen LogP contribution in [-0.2, 0) is 4.79 Å². The average Bonchev–Trinajstić information content (AvgIpc) is 2.57. The van der Waals surface area contributed by atoms with Gasteiger partial charge in [0.25, 0.3) is 5.91 Å². The molecule has 2 aromatic rings. The molecule has 1 atom stereocenters. The van der Waals surface area contributed by atoms with Crippen molar-refractivity contribution in [3.8, 4) is 5.75 Å². The number of hydrogen-bond donors (Lipinski definition) is 2. The number of ether oxygens (including phenoxy) is 1. The molecule has 0 radical (unpaired) electrons. The van der Waals surface area contributed by atoms with Gasteiger partial charge in [0.15, 0.2) is 0 Å². The van der Waals surface area contributed by atoms with Crippen LogP contribution in [0, 0.1) is 0 Å². The van der Waals surface area contributed by atoms with E-state index in [9.17, 15) is 18.4 Å². The maximum absolute atomic E-state index is 12.3. The van der Waals surface area contributed by atoms with Crippen molar-refractivity contribution in [3.63, 3.8) is 0 Å². The lowest BCUT2D eigenvalue weighted by Crippen LogP contribution is -2.26. The number of carbonyl (C=O) groups is 2. The number of halogens is 2. The Bertz CT molecular complexity index is 812. The Morgan fingerprint density at radius 2 is 1.96 bits per heavy atom. The minimum absolute atomic E-state index is 0.00985. The number of carbonyl (C=O) groups excluding carboxylic acids is 2. The molecule has 0 fully saturated rings. The molecule has 5 nitrogen and oxygen atoms in total. The number of nitrogens with one attached hydrogen (secondary N) is 2. The van der Waals surface area contributed by atoms with Gasteiger partial charge in [-0.3, -0.25) is 9.59 Å². The summed E-state index contributed by atoms with van der Waals surface area (Å²) in [6.45, 7) is -1.09. The fraction of sp³-hybridized carbons (Fsp3) is 0.176. The Kier molecular flexibility index (Phi) is 4.89. The molecule has 130 valence electrons. The van der Waals surface area contributed by atoms with Crippen molar-refractivity contribution in [2.24, 2.45) is 0 Å². The highest BCUT2D eigenvalue weighted by atomic mass is 32.2. The van der Waals surface area contributed by atoms with Crippen LogP contribution in [0.1, 0.15) is 17.3 Å². The van der Waals surface area contributed by atoms with E-state index in [0.29, 0.717) is 16.9 Å². The van der Waals surface area contributed by atoms with E-state index < -0.39 is 6.61 Å². The molecule has 0 spiro atoms. The maximum atomic E-state index is 12.3. The summed E-state index contributed by atoms with van der Waals surface area (Å²) in [6, 6.07) is 10.7. The van der Waals surface area contributed by atoms with E-state index in [2.05, 4.69) is 15.4 Å². The Labute approximate surface area is 146 Å². The highest BCUT2D eigenvalue weighted by Crippen LogP contribution is 2.36. The smallest absolute Gasteiger partial charge is 0.387 e. The molecule has 0 aliphatic carbocycles. The van der Waals surface area contributed by atoms with Gasteiger partial charge in [-0.2, -0.15) is 8.78 Å². The number of anilines is 2. The van der Waals surface area contributed by atoms with Gasteiger partial charge < -0.3 is 15.4 Å². The van der Waals surface area contributed by atoms with Gasteiger partial charge in [0.2, 0.25) is 5.91 Å². The van der Waals surface area contributed by atoms with E-state index in [-0.39, 0.29) is 22.8 Å². The predicted molar refractivity (Wildman–Crippen MR) is 91.4 cm³/mol. The van der Waals surface area contributed by atoms with Gasteiger partial charge in [0.05, 0.1) is 10.9 Å². The molecule has 1 aliphatic heterocycles. The van der Waals surface area contributed by atoms with Crippen molar-refractivity contribution in [2.45, 2.75) is 23.7 Å². The minimum atomic E-state index is -2.90. The number of amides is 2. The van der Waals surface area contributed by atoms with Crippen molar-refractivity contribution in [1.82, 2.24) is 0 Å². The topological polar surface area (TPSA) is 67.4 Å². The zero-order valence-electron chi connectivity index (χ0n) is 13.1. The molecule has 1 aliphatic rings. The molecule has 2 amide bonds. The molecule has 0 saturated carbocycles. The summed E-state index contributed by atoms with van der Waals surface area (Å²) in [7, 11) is 0. The zero-order valence-corrected chi connectivity index (χ0v) is 13.9. The first kappa shape index (κ1) is 17.2. The molecular formula is C17H14F2N2O3S. The van der Waals surface area contributed by atoms with E-state index in [1.165, 1.54) is 36.0 Å². The van der Waals surface area contributed by atoms with E-state index in [4.69, 9.17) is 0 Å². The molecule has 3 rings (SSSR count). The van der Waals surface area contributed by atoms with E-state index in [0.717, 1.165) is 4.90 Å². The van der Waals surface area contributed by atoms with Crippen LogP contribution in [0.15, 0.2) is 47.4 Å². The first-order valence-electron chi connectivity index (χ1n) is 7.40.